The van der Waals surface area contributed by atoms with E-state index in [9.17, 15) is 49.3 Å². The minimum Gasteiger partial charge on any atom is -0.550 e. The summed E-state index contributed by atoms with van der Waals surface area (Å²) in [5.74, 6) is -1.08. The number of carboxylic acids is 1. The van der Waals surface area contributed by atoms with Crippen molar-refractivity contribution in [1.82, 2.24) is 29.9 Å². The van der Waals surface area contributed by atoms with Crippen LogP contribution < -0.4 is 51.5 Å². The summed E-state index contributed by atoms with van der Waals surface area (Å²) in [5.41, 5.74) is -3.95. The summed E-state index contributed by atoms with van der Waals surface area (Å²) in [7, 11) is 0. The molecule has 0 aliphatic carbocycles. The van der Waals surface area contributed by atoms with Gasteiger partial charge in [0.2, 0.25) is 15.7 Å². The Labute approximate surface area is 305 Å². The van der Waals surface area contributed by atoms with Gasteiger partial charge in [0.1, 0.15) is 17.1 Å². The number of aromatic nitrogens is 6. The van der Waals surface area contributed by atoms with Gasteiger partial charge in [-0.15, -0.1) is 0 Å². The molecule has 0 aliphatic heterocycles. The van der Waals surface area contributed by atoms with Crippen molar-refractivity contribution in [3.8, 4) is 0 Å². The molecule has 3 aromatic heterocycles. The molecule has 0 aromatic carbocycles. The monoisotopic (exact) mass is 801 g/mol. The molecule has 0 saturated heterocycles. The normalized spacial score (nSPS) is 9.52. The van der Waals surface area contributed by atoms with Gasteiger partial charge in [-0.05, 0) is 84.6 Å². The van der Waals surface area contributed by atoms with E-state index in [0.29, 0.717) is 0 Å². The molecule has 0 atom stereocenters. The Morgan fingerprint density at radius 2 is 1.11 bits per heavy atom. The van der Waals surface area contributed by atoms with Crippen LogP contribution in [0.1, 0.15) is 24.0 Å². The molecular formula is C17H15Cl6N9NaO12P. The Morgan fingerprint density at radius 3 is 1.43 bits per heavy atom. The largest absolute Gasteiger partial charge is 1.00 e. The second-order valence-electron chi connectivity index (χ2n) is 7.05. The number of nitrogens with zero attached hydrogens (tertiary/aromatic N) is 6. The minimum absolute atomic E-state index is 0. The SMILES string of the molecule is CC(=O)[O-].Cc1[nH]c(=O)[nH]c(=O)c1[N+](=O)[O-].Cc1nc(Cl)[nH]c(=O)c1[N+](=O)[O-].Cc1nc(Cl)nc(Cl)c1[N+](=O)[O-].O=P(Cl)(Cl)Cl.[Na+]. The van der Waals surface area contributed by atoms with Gasteiger partial charge in [-0.3, -0.25) is 54.5 Å². The average Bonchev–Trinajstić information content (AvgIpc) is 2.75. The number of aromatic amines is 3. The second-order valence-corrected chi connectivity index (χ2v) is 14.7. The van der Waals surface area contributed by atoms with Crippen molar-refractivity contribution in [3.63, 3.8) is 0 Å². The van der Waals surface area contributed by atoms with Gasteiger partial charge in [0.25, 0.3) is 0 Å². The summed E-state index contributed by atoms with van der Waals surface area (Å²) >= 11 is 30.0. The maximum Gasteiger partial charge on any atom is 1.00 e. The third-order valence-corrected chi connectivity index (χ3v) is 4.29. The Bertz CT molecular complexity index is 1760. The van der Waals surface area contributed by atoms with Gasteiger partial charge in [-0.25, -0.2) is 14.8 Å². The van der Waals surface area contributed by atoms with Crippen molar-refractivity contribution >= 4 is 96.8 Å². The van der Waals surface area contributed by atoms with E-state index in [1.165, 1.54) is 20.8 Å². The van der Waals surface area contributed by atoms with Crippen LogP contribution in [0.4, 0.5) is 17.1 Å². The van der Waals surface area contributed by atoms with Crippen molar-refractivity contribution in [2.24, 2.45) is 0 Å². The van der Waals surface area contributed by atoms with E-state index in [4.69, 9.17) is 44.7 Å². The summed E-state index contributed by atoms with van der Waals surface area (Å²) in [4.78, 5) is 86.1. The Balaban J connectivity index is -0.000000528. The third-order valence-electron chi connectivity index (χ3n) is 3.67. The Hall–Kier alpha value is -2.72. The number of carboxylic acid groups (broad SMARTS) is 1. The molecule has 248 valence electrons. The fraction of sp³-hybridized carbons (Fsp3) is 0.235. The molecule has 0 aliphatic rings. The zero-order valence-electron chi connectivity index (χ0n) is 23.3. The van der Waals surface area contributed by atoms with E-state index in [1.54, 1.807) is 4.98 Å². The van der Waals surface area contributed by atoms with Crippen LogP contribution >= 0.6 is 73.7 Å². The van der Waals surface area contributed by atoms with Crippen molar-refractivity contribution < 1.29 is 58.8 Å². The zero-order valence-corrected chi connectivity index (χ0v) is 30.7. The van der Waals surface area contributed by atoms with Crippen LogP contribution in [-0.4, -0.2) is 50.6 Å². The van der Waals surface area contributed by atoms with E-state index >= 15 is 0 Å². The first kappa shape index (κ1) is 47.7. The molecule has 3 aromatic rings. The van der Waals surface area contributed by atoms with E-state index in [0.717, 1.165) is 6.92 Å². The maximum atomic E-state index is 10.9. The number of rotatable bonds is 3. The first-order valence-electron chi connectivity index (χ1n) is 10.4. The van der Waals surface area contributed by atoms with Crippen LogP contribution in [0.2, 0.25) is 15.7 Å². The van der Waals surface area contributed by atoms with Crippen molar-refractivity contribution in [1.29, 1.82) is 0 Å². The average molecular weight is 804 g/mol. The van der Waals surface area contributed by atoms with E-state index in [-0.39, 0.29) is 68.0 Å². The first-order chi connectivity index (χ1) is 20.3. The molecule has 0 fully saturated rings. The van der Waals surface area contributed by atoms with Gasteiger partial charge in [-0.2, -0.15) is 4.98 Å². The smallest absolute Gasteiger partial charge is 0.550 e. The van der Waals surface area contributed by atoms with Crippen molar-refractivity contribution in [2.45, 2.75) is 27.7 Å². The van der Waals surface area contributed by atoms with Crippen LogP contribution in [-0.2, 0) is 9.36 Å². The van der Waals surface area contributed by atoms with E-state index < -0.39 is 54.1 Å². The first-order valence-corrected chi connectivity index (χ1v) is 15.9. The van der Waals surface area contributed by atoms with Gasteiger partial charge in [-0.1, -0.05) is 11.6 Å². The Kier molecular flexibility index (Phi) is 22.8. The molecule has 29 heteroatoms. The van der Waals surface area contributed by atoms with Crippen LogP contribution in [0.15, 0.2) is 14.4 Å². The number of nitro groups is 3. The fourth-order valence-corrected chi connectivity index (χ4v) is 3.03. The molecule has 0 bridgehead atoms. The molecule has 21 nitrogen and oxygen atoms in total. The Morgan fingerprint density at radius 1 is 0.739 bits per heavy atom. The number of nitrogens with one attached hydrogen (secondary N) is 3. The summed E-state index contributed by atoms with van der Waals surface area (Å²) in [5, 5.41) is 36.0. The summed E-state index contributed by atoms with van der Waals surface area (Å²) in [6.07, 6.45) is 0. The number of carbonyl (C=O) groups excluding carboxylic acids is 1. The maximum absolute atomic E-state index is 10.9. The molecule has 0 radical (unpaired) electrons. The number of hydrogen-bond acceptors (Lipinski definition) is 15. The van der Waals surface area contributed by atoms with Gasteiger partial charge in [0.15, 0.2) is 0 Å². The number of halogens is 6. The van der Waals surface area contributed by atoms with Crippen LogP contribution in [0, 0.1) is 51.1 Å². The molecular weight excluding hydrogens is 789 g/mol. The van der Waals surface area contributed by atoms with Crippen molar-refractivity contribution in [2.75, 3.05) is 0 Å². The molecule has 3 N–H and O–H groups in total. The van der Waals surface area contributed by atoms with Gasteiger partial charge >= 0.3 is 68.6 Å². The number of hydrogen-bond donors (Lipinski definition) is 3. The summed E-state index contributed by atoms with van der Waals surface area (Å²) < 4.78 is 9.51. The molecule has 0 unspecified atom stereocenters. The van der Waals surface area contributed by atoms with Gasteiger partial charge in [0, 0.05) is 5.97 Å². The number of aryl methyl sites for hydroxylation is 3. The standard InChI is InChI=1S/C5H3Cl2N3O2.C5H4ClN3O3.C5H5N3O4.C2H4O2.Cl3OP.Na/c1-2-3(10(11)12)4(6)9-5(7)8-2;1-2-3(9(11)12)4(10)8-5(6)7-2;1-2-3(8(11)12)4(9)7-5(10)6-2;1-2(3)4;1-5(2,3)4;/h1H3;1H3,(H,7,8,10);1H3,(H2,6,7,9,10);1H3,(H,3,4);;/q;;;;;+1/p-1. The van der Waals surface area contributed by atoms with E-state index in [2.05, 4.69) is 53.7 Å². The molecule has 0 saturated carbocycles. The van der Waals surface area contributed by atoms with Crippen LogP contribution in [0.5, 0.6) is 0 Å². The molecule has 0 amide bonds. The number of carbonyl (C=O) groups is 1. The third kappa shape index (κ3) is 20.4. The molecule has 0 spiro atoms. The van der Waals surface area contributed by atoms with Crippen LogP contribution in [0.25, 0.3) is 0 Å². The predicted molar refractivity (Wildman–Crippen MR) is 160 cm³/mol. The quantitative estimate of drug-likeness (QED) is 0.0810. The minimum atomic E-state index is -3.22. The van der Waals surface area contributed by atoms with Gasteiger partial charge < -0.3 is 14.9 Å². The summed E-state index contributed by atoms with van der Waals surface area (Å²) in [6.45, 7) is 5.05. The zero-order chi connectivity index (χ0) is 36.0. The number of aliphatic carboxylic acids is 1. The predicted octanol–water partition coefficient (Wildman–Crippen LogP) is 0.491. The molecule has 46 heavy (non-hydrogen) atoms. The molecule has 3 heterocycles. The van der Waals surface area contributed by atoms with Crippen molar-refractivity contribution in [3.05, 3.63) is 94.3 Å². The number of H-pyrrole nitrogens is 3. The van der Waals surface area contributed by atoms with Crippen LogP contribution in [0.3, 0.4) is 0 Å². The fourth-order valence-electron chi connectivity index (χ4n) is 2.28. The topological polar surface area (TPSA) is 324 Å². The van der Waals surface area contributed by atoms with E-state index in [1.807, 2.05) is 4.98 Å². The second kappa shape index (κ2) is 22.0. The van der Waals surface area contributed by atoms with Gasteiger partial charge in [0.05, 0.1) is 14.8 Å². The molecule has 3 rings (SSSR count). The summed E-state index contributed by atoms with van der Waals surface area (Å²) in [6, 6.07) is 0.